The van der Waals surface area contributed by atoms with E-state index in [1.807, 2.05) is 30.5 Å². The van der Waals surface area contributed by atoms with Crippen LogP contribution < -0.4 is 5.32 Å². The molecule has 0 saturated heterocycles. The van der Waals surface area contributed by atoms with Crippen LogP contribution in [0.1, 0.15) is 18.9 Å². The molecule has 0 spiro atoms. The van der Waals surface area contributed by atoms with E-state index in [2.05, 4.69) is 5.32 Å². The van der Waals surface area contributed by atoms with E-state index >= 15 is 0 Å². The van der Waals surface area contributed by atoms with Crippen LogP contribution in [0.3, 0.4) is 0 Å². The van der Waals surface area contributed by atoms with Gasteiger partial charge in [-0.25, -0.2) is 0 Å². The normalized spacial score (nSPS) is 9.89. The Bertz CT molecular complexity index is 403. The molecule has 0 aliphatic rings. The number of hydrogen-bond donors (Lipinski definition) is 1. The molecular weight excluding hydrogens is 250 g/mol. The van der Waals surface area contributed by atoms with E-state index in [0.29, 0.717) is 13.2 Å². The SMILES string of the molecule is CCOC(=O)CC(=O)NCc1ccc(SC)cc1. The largest absolute Gasteiger partial charge is 0.466 e. The van der Waals surface area contributed by atoms with Crippen molar-refractivity contribution >= 4 is 23.6 Å². The van der Waals surface area contributed by atoms with E-state index < -0.39 is 5.97 Å². The highest BCUT2D eigenvalue weighted by atomic mass is 32.2. The highest BCUT2D eigenvalue weighted by Gasteiger charge is 2.09. The molecule has 0 bridgehead atoms. The van der Waals surface area contributed by atoms with E-state index in [9.17, 15) is 9.59 Å². The Morgan fingerprint density at radius 1 is 1.28 bits per heavy atom. The van der Waals surface area contributed by atoms with Crippen LogP contribution in [-0.4, -0.2) is 24.7 Å². The van der Waals surface area contributed by atoms with Gasteiger partial charge in [-0.15, -0.1) is 11.8 Å². The zero-order valence-corrected chi connectivity index (χ0v) is 11.4. The third-order valence-electron chi connectivity index (χ3n) is 2.26. The molecule has 0 atom stereocenters. The lowest BCUT2D eigenvalue weighted by molar-refractivity contribution is -0.146. The molecule has 0 unspecified atom stereocenters. The van der Waals surface area contributed by atoms with Crippen LogP contribution in [0.4, 0.5) is 0 Å². The summed E-state index contributed by atoms with van der Waals surface area (Å²) >= 11 is 1.67. The standard InChI is InChI=1S/C13H17NO3S/c1-3-17-13(16)8-12(15)14-9-10-4-6-11(18-2)7-5-10/h4-7H,3,8-9H2,1-2H3,(H,14,15). The van der Waals surface area contributed by atoms with E-state index in [1.165, 1.54) is 4.90 Å². The second-order valence-corrected chi connectivity index (χ2v) is 4.49. The third-order valence-corrected chi connectivity index (χ3v) is 3.00. The fourth-order valence-corrected chi connectivity index (χ4v) is 1.76. The number of benzene rings is 1. The summed E-state index contributed by atoms with van der Waals surface area (Å²) in [4.78, 5) is 23.6. The molecule has 1 rings (SSSR count). The van der Waals surface area contributed by atoms with Crippen molar-refractivity contribution < 1.29 is 14.3 Å². The van der Waals surface area contributed by atoms with Gasteiger partial charge in [-0.3, -0.25) is 9.59 Å². The first kappa shape index (κ1) is 14.6. The van der Waals surface area contributed by atoms with Crippen molar-refractivity contribution in [1.82, 2.24) is 5.32 Å². The first-order chi connectivity index (χ1) is 8.65. The number of carbonyl (C=O) groups is 2. The third kappa shape index (κ3) is 5.23. The van der Waals surface area contributed by atoms with E-state index in [0.717, 1.165) is 5.56 Å². The average Bonchev–Trinajstić information content (AvgIpc) is 2.37. The number of esters is 1. The molecule has 1 N–H and O–H groups in total. The van der Waals surface area contributed by atoms with Crippen LogP contribution in [0.5, 0.6) is 0 Å². The summed E-state index contributed by atoms with van der Waals surface area (Å²) < 4.78 is 4.69. The molecule has 0 aromatic heterocycles. The van der Waals surface area contributed by atoms with Crippen LogP contribution in [-0.2, 0) is 20.9 Å². The Hall–Kier alpha value is -1.49. The molecule has 1 aromatic rings. The molecule has 18 heavy (non-hydrogen) atoms. The van der Waals surface area contributed by atoms with Crippen molar-refractivity contribution in [2.24, 2.45) is 0 Å². The lowest BCUT2D eigenvalue weighted by atomic mass is 10.2. The van der Waals surface area contributed by atoms with Gasteiger partial charge in [0, 0.05) is 11.4 Å². The fraction of sp³-hybridized carbons (Fsp3) is 0.385. The molecule has 0 radical (unpaired) electrons. The summed E-state index contributed by atoms with van der Waals surface area (Å²) in [7, 11) is 0. The lowest BCUT2D eigenvalue weighted by Gasteiger charge is -2.05. The Balaban J connectivity index is 2.35. The minimum atomic E-state index is -0.493. The molecule has 0 fully saturated rings. The van der Waals surface area contributed by atoms with Crippen molar-refractivity contribution in [3.63, 3.8) is 0 Å². The molecule has 0 aliphatic heterocycles. The van der Waals surface area contributed by atoms with Gasteiger partial charge < -0.3 is 10.1 Å². The predicted octanol–water partition coefficient (Wildman–Crippen LogP) is 1.98. The number of thioether (sulfide) groups is 1. The average molecular weight is 267 g/mol. The van der Waals surface area contributed by atoms with Crippen molar-refractivity contribution in [3.05, 3.63) is 29.8 Å². The number of ether oxygens (including phenoxy) is 1. The summed E-state index contributed by atoms with van der Waals surface area (Å²) in [6.07, 6.45) is 1.78. The van der Waals surface area contributed by atoms with Gasteiger partial charge in [0.1, 0.15) is 6.42 Å². The van der Waals surface area contributed by atoms with Crippen LogP contribution in [0.15, 0.2) is 29.2 Å². The topological polar surface area (TPSA) is 55.4 Å². The summed E-state index contributed by atoms with van der Waals surface area (Å²) in [5.41, 5.74) is 1.00. The van der Waals surface area contributed by atoms with Gasteiger partial charge in [0.2, 0.25) is 5.91 Å². The first-order valence-electron chi connectivity index (χ1n) is 5.71. The minimum Gasteiger partial charge on any atom is -0.466 e. The van der Waals surface area contributed by atoms with Gasteiger partial charge in [-0.1, -0.05) is 12.1 Å². The summed E-state index contributed by atoms with van der Waals surface area (Å²) in [6, 6.07) is 7.90. The zero-order valence-electron chi connectivity index (χ0n) is 10.6. The number of carbonyl (C=O) groups excluding carboxylic acids is 2. The maximum Gasteiger partial charge on any atom is 0.315 e. The van der Waals surface area contributed by atoms with Crippen molar-refractivity contribution in [1.29, 1.82) is 0 Å². The second kappa shape index (κ2) is 7.76. The second-order valence-electron chi connectivity index (χ2n) is 3.61. The Kier molecular flexibility index (Phi) is 6.28. The Labute approximate surface area is 111 Å². The van der Waals surface area contributed by atoms with Crippen LogP contribution in [0.25, 0.3) is 0 Å². The summed E-state index contributed by atoms with van der Waals surface area (Å²) in [5, 5.41) is 2.68. The highest BCUT2D eigenvalue weighted by Crippen LogP contribution is 2.14. The van der Waals surface area contributed by atoms with Crippen molar-refractivity contribution in [3.8, 4) is 0 Å². The molecule has 1 amide bonds. The number of hydrogen-bond acceptors (Lipinski definition) is 4. The van der Waals surface area contributed by atoms with Gasteiger partial charge in [0.15, 0.2) is 0 Å². The molecule has 0 aliphatic carbocycles. The van der Waals surface area contributed by atoms with Crippen molar-refractivity contribution in [2.75, 3.05) is 12.9 Å². The lowest BCUT2D eigenvalue weighted by Crippen LogP contribution is -2.26. The summed E-state index contributed by atoms with van der Waals surface area (Å²) in [6.45, 7) is 2.43. The number of rotatable bonds is 6. The monoisotopic (exact) mass is 267 g/mol. The van der Waals surface area contributed by atoms with Crippen LogP contribution >= 0.6 is 11.8 Å². The molecular formula is C13H17NO3S. The molecule has 0 saturated carbocycles. The highest BCUT2D eigenvalue weighted by molar-refractivity contribution is 7.98. The number of nitrogens with one attached hydrogen (secondary N) is 1. The molecule has 1 aromatic carbocycles. The van der Waals surface area contributed by atoms with Gasteiger partial charge in [0.25, 0.3) is 0 Å². The maximum absolute atomic E-state index is 11.4. The van der Waals surface area contributed by atoms with Gasteiger partial charge in [0.05, 0.1) is 6.61 Å². The van der Waals surface area contributed by atoms with E-state index in [1.54, 1.807) is 18.7 Å². The van der Waals surface area contributed by atoms with Crippen LogP contribution in [0.2, 0.25) is 0 Å². The number of amides is 1. The maximum atomic E-state index is 11.4. The molecule has 0 heterocycles. The zero-order chi connectivity index (χ0) is 13.4. The molecule has 5 heteroatoms. The van der Waals surface area contributed by atoms with E-state index in [-0.39, 0.29) is 12.3 Å². The van der Waals surface area contributed by atoms with Crippen LogP contribution in [0, 0.1) is 0 Å². The van der Waals surface area contributed by atoms with Gasteiger partial charge >= 0.3 is 5.97 Å². The smallest absolute Gasteiger partial charge is 0.315 e. The van der Waals surface area contributed by atoms with E-state index in [4.69, 9.17) is 4.74 Å². The Morgan fingerprint density at radius 3 is 2.50 bits per heavy atom. The van der Waals surface area contributed by atoms with Crippen molar-refractivity contribution in [2.45, 2.75) is 24.8 Å². The van der Waals surface area contributed by atoms with Gasteiger partial charge in [-0.2, -0.15) is 0 Å². The first-order valence-corrected chi connectivity index (χ1v) is 6.93. The Morgan fingerprint density at radius 2 is 1.94 bits per heavy atom. The molecule has 4 nitrogen and oxygen atoms in total. The molecule has 98 valence electrons. The predicted molar refractivity (Wildman–Crippen MR) is 71.3 cm³/mol. The minimum absolute atomic E-state index is 0.225. The summed E-state index contributed by atoms with van der Waals surface area (Å²) in [5.74, 6) is -0.810. The fourth-order valence-electron chi connectivity index (χ4n) is 1.35. The quantitative estimate of drug-likeness (QED) is 0.486. The van der Waals surface area contributed by atoms with Gasteiger partial charge in [-0.05, 0) is 30.9 Å².